The van der Waals surface area contributed by atoms with Gasteiger partial charge in [0.2, 0.25) is 5.82 Å². The smallest absolute Gasteiger partial charge is 0.333 e. The first-order chi connectivity index (χ1) is 9.38. The molecule has 0 amide bonds. The SMILES string of the molecule is CCCn1nc(C)c([N+](=O)[O-])c1NCCN(C)C(C)C. The number of nitrogens with zero attached hydrogens (tertiary/aromatic N) is 4. The molecule has 0 radical (unpaired) electrons. The molecule has 0 aromatic carbocycles. The zero-order chi connectivity index (χ0) is 15.3. The monoisotopic (exact) mass is 283 g/mol. The van der Waals surface area contributed by atoms with Crippen LogP contribution in [0.1, 0.15) is 32.9 Å². The van der Waals surface area contributed by atoms with Gasteiger partial charge in [0.15, 0.2) is 0 Å². The third kappa shape index (κ3) is 3.93. The van der Waals surface area contributed by atoms with Crippen LogP contribution in [0.2, 0.25) is 0 Å². The predicted octanol–water partition coefficient (Wildman–Crippen LogP) is 2.26. The number of anilines is 1. The summed E-state index contributed by atoms with van der Waals surface area (Å²) in [5.74, 6) is 0.520. The Labute approximate surface area is 120 Å². The van der Waals surface area contributed by atoms with Crippen LogP contribution >= 0.6 is 0 Å². The lowest BCUT2D eigenvalue weighted by molar-refractivity contribution is -0.384. The minimum atomic E-state index is -0.358. The first-order valence-corrected chi connectivity index (χ1v) is 7.04. The van der Waals surface area contributed by atoms with Gasteiger partial charge in [0.1, 0.15) is 5.69 Å². The Morgan fingerprint density at radius 3 is 2.65 bits per heavy atom. The predicted molar refractivity (Wildman–Crippen MR) is 80.2 cm³/mol. The van der Waals surface area contributed by atoms with E-state index >= 15 is 0 Å². The summed E-state index contributed by atoms with van der Waals surface area (Å²) in [7, 11) is 2.04. The molecule has 7 heteroatoms. The van der Waals surface area contributed by atoms with Gasteiger partial charge in [-0.05, 0) is 34.2 Å². The van der Waals surface area contributed by atoms with Crippen LogP contribution in [0.5, 0.6) is 0 Å². The second kappa shape index (κ2) is 7.23. The second-order valence-electron chi connectivity index (χ2n) is 5.26. The number of nitrogens with one attached hydrogen (secondary N) is 1. The van der Waals surface area contributed by atoms with E-state index in [1.807, 2.05) is 14.0 Å². The van der Waals surface area contributed by atoms with Gasteiger partial charge in [-0.2, -0.15) is 5.10 Å². The van der Waals surface area contributed by atoms with Crippen LogP contribution < -0.4 is 5.32 Å². The van der Waals surface area contributed by atoms with Gasteiger partial charge in [-0.3, -0.25) is 10.1 Å². The van der Waals surface area contributed by atoms with Crippen molar-refractivity contribution in [1.82, 2.24) is 14.7 Å². The molecule has 0 aliphatic heterocycles. The number of nitro groups is 1. The summed E-state index contributed by atoms with van der Waals surface area (Å²) >= 11 is 0. The van der Waals surface area contributed by atoms with E-state index < -0.39 is 0 Å². The van der Waals surface area contributed by atoms with E-state index in [-0.39, 0.29) is 10.6 Å². The van der Waals surface area contributed by atoms with E-state index in [0.717, 1.165) is 13.0 Å². The fourth-order valence-electron chi connectivity index (χ4n) is 1.95. The van der Waals surface area contributed by atoms with Crippen LogP contribution in [0.25, 0.3) is 0 Å². The fraction of sp³-hybridized carbons (Fsp3) is 0.769. The van der Waals surface area contributed by atoms with Crippen molar-refractivity contribution >= 4 is 11.5 Å². The first-order valence-electron chi connectivity index (χ1n) is 7.04. The average molecular weight is 283 g/mol. The molecule has 0 spiro atoms. The van der Waals surface area contributed by atoms with Crippen molar-refractivity contribution in [1.29, 1.82) is 0 Å². The topological polar surface area (TPSA) is 76.2 Å². The highest BCUT2D eigenvalue weighted by Gasteiger charge is 2.24. The maximum Gasteiger partial charge on any atom is 0.333 e. The van der Waals surface area contributed by atoms with Crippen molar-refractivity contribution in [2.75, 3.05) is 25.5 Å². The van der Waals surface area contributed by atoms with Gasteiger partial charge in [-0.25, -0.2) is 4.68 Å². The second-order valence-corrected chi connectivity index (χ2v) is 5.26. The Balaban J connectivity index is 2.83. The minimum Gasteiger partial charge on any atom is -0.363 e. The molecule has 20 heavy (non-hydrogen) atoms. The van der Waals surface area contributed by atoms with Crippen molar-refractivity contribution in [3.8, 4) is 0 Å². The molecule has 0 fully saturated rings. The molecule has 1 rings (SSSR count). The zero-order valence-electron chi connectivity index (χ0n) is 13.0. The van der Waals surface area contributed by atoms with Crippen LogP contribution in [0, 0.1) is 17.0 Å². The Hall–Kier alpha value is -1.63. The lowest BCUT2D eigenvalue weighted by Crippen LogP contribution is -2.31. The van der Waals surface area contributed by atoms with Crippen molar-refractivity contribution in [2.45, 2.75) is 46.7 Å². The molecule has 7 nitrogen and oxygen atoms in total. The molecule has 114 valence electrons. The van der Waals surface area contributed by atoms with Crippen LogP contribution in [0.3, 0.4) is 0 Å². The van der Waals surface area contributed by atoms with Crippen molar-refractivity contribution < 1.29 is 4.92 Å². The lowest BCUT2D eigenvalue weighted by Gasteiger charge is -2.21. The standard InChI is InChI=1S/C13H25N5O2/c1-6-8-17-13(12(18(19)20)11(4)15-17)14-7-9-16(5)10(2)3/h10,14H,6-9H2,1-5H3. The quantitative estimate of drug-likeness (QED) is 0.585. The third-order valence-corrected chi connectivity index (χ3v) is 3.35. The highest BCUT2D eigenvalue weighted by Crippen LogP contribution is 2.28. The Morgan fingerprint density at radius 2 is 2.15 bits per heavy atom. The number of hydrogen-bond acceptors (Lipinski definition) is 5. The van der Waals surface area contributed by atoms with Crippen LogP contribution in [-0.4, -0.2) is 45.8 Å². The Bertz CT molecular complexity index is 456. The van der Waals surface area contributed by atoms with Crippen molar-refractivity contribution in [3.05, 3.63) is 15.8 Å². The van der Waals surface area contributed by atoms with Gasteiger partial charge in [-0.1, -0.05) is 6.92 Å². The molecule has 0 aliphatic carbocycles. The number of rotatable bonds is 8. The van der Waals surface area contributed by atoms with Gasteiger partial charge in [0.05, 0.1) is 4.92 Å². The third-order valence-electron chi connectivity index (χ3n) is 3.35. The van der Waals surface area contributed by atoms with E-state index in [2.05, 4.69) is 29.2 Å². The summed E-state index contributed by atoms with van der Waals surface area (Å²) in [5.41, 5.74) is 0.550. The fourth-order valence-corrected chi connectivity index (χ4v) is 1.95. The molecule has 1 heterocycles. The number of hydrogen-bond donors (Lipinski definition) is 1. The number of aryl methyl sites for hydroxylation is 2. The zero-order valence-corrected chi connectivity index (χ0v) is 13.0. The molecule has 1 N–H and O–H groups in total. The molecule has 0 aliphatic rings. The highest BCUT2D eigenvalue weighted by molar-refractivity contribution is 5.59. The Kier molecular flexibility index (Phi) is 5.94. The van der Waals surface area contributed by atoms with E-state index in [0.29, 0.717) is 30.6 Å². The molecule has 0 atom stereocenters. The summed E-state index contributed by atoms with van der Waals surface area (Å²) in [6, 6.07) is 0.453. The van der Waals surface area contributed by atoms with Crippen molar-refractivity contribution in [2.24, 2.45) is 0 Å². The maximum absolute atomic E-state index is 11.2. The summed E-state index contributed by atoms with van der Waals surface area (Å²) in [4.78, 5) is 13.0. The van der Waals surface area contributed by atoms with Gasteiger partial charge in [0, 0.05) is 25.7 Å². The average Bonchev–Trinajstić information content (AvgIpc) is 2.66. The normalized spacial score (nSPS) is 11.3. The van der Waals surface area contributed by atoms with Gasteiger partial charge >= 0.3 is 5.69 Å². The molecule has 1 aromatic rings. The largest absolute Gasteiger partial charge is 0.363 e. The van der Waals surface area contributed by atoms with E-state index in [1.54, 1.807) is 11.6 Å². The number of aromatic nitrogens is 2. The molecular weight excluding hydrogens is 258 g/mol. The molecule has 0 unspecified atom stereocenters. The summed E-state index contributed by atoms with van der Waals surface area (Å²) in [6.07, 6.45) is 0.888. The maximum atomic E-state index is 11.2. The van der Waals surface area contributed by atoms with Crippen LogP contribution in [-0.2, 0) is 6.54 Å². The van der Waals surface area contributed by atoms with Gasteiger partial charge in [0.25, 0.3) is 0 Å². The van der Waals surface area contributed by atoms with Crippen LogP contribution in [0.15, 0.2) is 0 Å². The minimum absolute atomic E-state index is 0.0886. The highest BCUT2D eigenvalue weighted by atomic mass is 16.6. The van der Waals surface area contributed by atoms with E-state index in [1.165, 1.54) is 0 Å². The summed E-state index contributed by atoms with van der Waals surface area (Å²) in [6.45, 7) is 10.1. The van der Waals surface area contributed by atoms with E-state index in [9.17, 15) is 10.1 Å². The molecular formula is C13H25N5O2. The summed E-state index contributed by atoms with van der Waals surface area (Å²) < 4.78 is 1.70. The lowest BCUT2D eigenvalue weighted by atomic mass is 10.3. The Morgan fingerprint density at radius 1 is 1.50 bits per heavy atom. The first kappa shape index (κ1) is 16.4. The van der Waals surface area contributed by atoms with Gasteiger partial charge in [-0.15, -0.1) is 0 Å². The van der Waals surface area contributed by atoms with Crippen molar-refractivity contribution in [3.63, 3.8) is 0 Å². The molecule has 0 saturated heterocycles. The van der Waals surface area contributed by atoms with Crippen LogP contribution in [0.4, 0.5) is 11.5 Å². The van der Waals surface area contributed by atoms with E-state index in [4.69, 9.17) is 0 Å². The molecule has 0 bridgehead atoms. The number of likely N-dealkylation sites (N-methyl/N-ethyl adjacent to an activating group) is 1. The molecule has 0 saturated carbocycles. The van der Waals surface area contributed by atoms with Gasteiger partial charge < -0.3 is 10.2 Å². The summed E-state index contributed by atoms with van der Waals surface area (Å²) in [5, 5.41) is 18.6. The molecule has 1 aromatic heterocycles.